The van der Waals surface area contributed by atoms with E-state index in [2.05, 4.69) is 26.0 Å². The number of phosphoric acid groups is 1. The quantitative estimate of drug-likeness (QED) is 0.0154. The van der Waals surface area contributed by atoms with Crippen LogP contribution in [0.1, 0.15) is 187 Å². The van der Waals surface area contributed by atoms with Gasteiger partial charge in [0.25, 0.3) is 7.82 Å². The minimum absolute atomic E-state index is 0.0164. The molecule has 9 heteroatoms. The number of hydrogen-bond acceptors (Lipinski definition) is 7. The molecule has 0 aliphatic rings. The van der Waals surface area contributed by atoms with Crippen molar-refractivity contribution in [1.82, 2.24) is 0 Å². The Hall–Kier alpha value is -1.18. The number of likely N-dealkylation sites (N-methyl/N-ethyl adjacent to an activating group) is 1. The van der Waals surface area contributed by atoms with Gasteiger partial charge in [-0.3, -0.25) is 9.36 Å². The van der Waals surface area contributed by atoms with Gasteiger partial charge in [-0.25, -0.2) is 0 Å². The fourth-order valence-corrected chi connectivity index (χ4v) is 6.47. The predicted molar refractivity (Wildman–Crippen MR) is 213 cm³/mol. The number of quaternary nitrogens is 1. The number of phosphoric ester groups is 1. The topological polar surface area (TPSA) is 94.1 Å². The van der Waals surface area contributed by atoms with Crippen LogP contribution < -0.4 is 4.89 Å². The van der Waals surface area contributed by atoms with E-state index in [1.165, 1.54) is 122 Å². The van der Waals surface area contributed by atoms with Crippen LogP contribution in [0.15, 0.2) is 24.5 Å². The maximum atomic E-state index is 12.6. The van der Waals surface area contributed by atoms with E-state index in [1.807, 2.05) is 27.2 Å². The molecule has 51 heavy (non-hydrogen) atoms. The van der Waals surface area contributed by atoms with Crippen LogP contribution in [0.3, 0.4) is 0 Å². The number of nitrogens with zero attached hydrogens (tertiary/aromatic N) is 1. The highest BCUT2D eigenvalue weighted by atomic mass is 31.2. The minimum Gasteiger partial charge on any atom is -0.756 e. The number of hydrogen-bond donors (Lipinski definition) is 0. The molecule has 0 bridgehead atoms. The third-order valence-electron chi connectivity index (χ3n) is 9.07. The molecule has 0 rings (SSSR count). The number of carbonyl (C=O) groups excluding carboxylic acids is 1. The molecule has 302 valence electrons. The first-order valence-electron chi connectivity index (χ1n) is 21.1. The average molecular weight is 744 g/mol. The molecule has 0 saturated carbocycles. The standard InChI is InChI=1S/C42H82NO7P/c1-6-8-10-12-14-16-18-20-22-23-25-27-29-31-33-35-42(44)50-41(40-49-51(45,46)48-38-36-43(3,4)5)39-47-37-34-32-30-28-26-24-21-19-17-15-13-11-9-7-2/h20,22,34,37,41H,6-19,21,23-33,35-36,38-40H2,1-5H3/b22-20-,37-34-/t41-/m1/s1. The minimum atomic E-state index is -4.54. The van der Waals surface area contributed by atoms with Gasteiger partial charge in [0.15, 0.2) is 6.10 Å². The van der Waals surface area contributed by atoms with E-state index in [1.54, 1.807) is 6.26 Å². The summed E-state index contributed by atoms with van der Waals surface area (Å²) in [5, 5.41) is 0. The van der Waals surface area contributed by atoms with Crippen molar-refractivity contribution in [1.29, 1.82) is 0 Å². The summed E-state index contributed by atoms with van der Waals surface area (Å²) in [6.07, 6.45) is 39.9. The molecule has 0 aromatic heterocycles. The van der Waals surface area contributed by atoms with Gasteiger partial charge in [-0.15, -0.1) is 0 Å². The summed E-state index contributed by atoms with van der Waals surface area (Å²) < 4.78 is 34.3. The van der Waals surface area contributed by atoms with Crippen LogP contribution in [0.4, 0.5) is 0 Å². The van der Waals surface area contributed by atoms with E-state index in [0.717, 1.165) is 44.9 Å². The molecule has 8 nitrogen and oxygen atoms in total. The number of esters is 1. The lowest BCUT2D eigenvalue weighted by molar-refractivity contribution is -0.870. The summed E-state index contributed by atoms with van der Waals surface area (Å²) >= 11 is 0. The number of carbonyl (C=O) groups is 1. The molecular formula is C42H82NO7P. The van der Waals surface area contributed by atoms with Crippen molar-refractivity contribution < 1.29 is 37.3 Å². The summed E-state index contributed by atoms with van der Waals surface area (Å²) in [4.78, 5) is 25.0. The number of unbranched alkanes of at least 4 members (excludes halogenated alkanes) is 23. The predicted octanol–water partition coefficient (Wildman–Crippen LogP) is 11.8. The van der Waals surface area contributed by atoms with Crippen LogP contribution in [0.5, 0.6) is 0 Å². The first kappa shape index (κ1) is 49.8. The first-order chi connectivity index (χ1) is 24.6. The van der Waals surface area contributed by atoms with Gasteiger partial charge in [0.2, 0.25) is 0 Å². The summed E-state index contributed by atoms with van der Waals surface area (Å²) in [6, 6.07) is 0. The Bertz CT molecular complexity index is 874. The van der Waals surface area contributed by atoms with Gasteiger partial charge in [0.05, 0.1) is 34.0 Å². The van der Waals surface area contributed by atoms with E-state index >= 15 is 0 Å². The second kappa shape index (κ2) is 35.8. The normalized spacial score (nSPS) is 14.0. The van der Waals surface area contributed by atoms with E-state index in [-0.39, 0.29) is 25.8 Å². The van der Waals surface area contributed by atoms with E-state index in [4.69, 9.17) is 18.5 Å². The van der Waals surface area contributed by atoms with E-state index in [0.29, 0.717) is 17.4 Å². The smallest absolute Gasteiger partial charge is 0.306 e. The van der Waals surface area contributed by atoms with Gasteiger partial charge >= 0.3 is 5.97 Å². The van der Waals surface area contributed by atoms with Crippen molar-refractivity contribution in [3.8, 4) is 0 Å². The molecule has 0 aromatic carbocycles. The zero-order valence-corrected chi connectivity index (χ0v) is 35.0. The fraction of sp³-hybridized carbons (Fsp3) is 0.881. The second-order valence-electron chi connectivity index (χ2n) is 15.4. The molecule has 0 aromatic rings. The van der Waals surface area contributed by atoms with Gasteiger partial charge in [-0.2, -0.15) is 0 Å². The Morgan fingerprint density at radius 1 is 0.608 bits per heavy atom. The van der Waals surface area contributed by atoms with Crippen LogP contribution >= 0.6 is 7.82 Å². The van der Waals surface area contributed by atoms with Crippen molar-refractivity contribution in [3.05, 3.63) is 24.5 Å². The fourth-order valence-electron chi connectivity index (χ4n) is 5.74. The Morgan fingerprint density at radius 3 is 1.51 bits per heavy atom. The lowest BCUT2D eigenvalue weighted by Gasteiger charge is -2.28. The Labute approximate surface area is 315 Å². The molecule has 0 aliphatic carbocycles. The molecule has 0 heterocycles. The molecule has 0 N–H and O–H groups in total. The van der Waals surface area contributed by atoms with E-state index < -0.39 is 13.9 Å². The SMILES string of the molecule is CCCCCCCC/C=C\CCCCCCCC(=O)O[C@H](CO/C=C\CCCCCCCCCCCCCC)COP(=O)([O-])OCC[N+](C)(C)C. The maximum absolute atomic E-state index is 12.6. The Kier molecular flexibility index (Phi) is 35.0. The highest BCUT2D eigenvalue weighted by molar-refractivity contribution is 7.45. The summed E-state index contributed by atoms with van der Waals surface area (Å²) in [5.41, 5.74) is 0. The zero-order chi connectivity index (χ0) is 37.7. The highest BCUT2D eigenvalue weighted by Crippen LogP contribution is 2.38. The number of allylic oxidation sites excluding steroid dienone is 3. The third-order valence-corrected chi connectivity index (χ3v) is 10.0. The summed E-state index contributed by atoms with van der Waals surface area (Å²) in [5.74, 6) is -0.364. The second-order valence-corrected chi connectivity index (χ2v) is 16.8. The van der Waals surface area contributed by atoms with Gasteiger partial charge in [0.1, 0.15) is 19.8 Å². The monoisotopic (exact) mass is 744 g/mol. The van der Waals surface area contributed by atoms with Crippen LogP contribution in [0.25, 0.3) is 0 Å². The molecule has 2 atom stereocenters. The first-order valence-corrected chi connectivity index (χ1v) is 22.6. The summed E-state index contributed by atoms with van der Waals surface area (Å²) in [6.45, 7) is 4.73. The molecule has 0 spiro atoms. The van der Waals surface area contributed by atoms with Crippen molar-refractivity contribution in [2.45, 2.75) is 193 Å². The van der Waals surface area contributed by atoms with Gasteiger partial charge in [0, 0.05) is 6.42 Å². The molecule has 0 fully saturated rings. The van der Waals surface area contributed by atoms with Crippen LogP contribution in [0, 0.1) is 0 Å². The van der Waals surface area contributed by atoms with Crippen molar-refractivity contribution in [3.63, 3.8) is 0 Å². The molecule has 0 saturated heterocycles. The van der Waals surface area contributed by atoms with Crippen LogP contribution in [-0.2, 0) is 27.9 Å². The van der Waals surface area contributed by atoms with Crippen molar-refractivity contribution in [2.24, 2.45) is 0 Å². The Balaban J connectivity index is 4.32. The number of ether oxygens (including phenoxy) is 2. The molecule has 0 radical (unpaired) electrons. The molecule has 0 aliphatic heterocycles. The molecular weight excluding hydrogens is 661 g/mol. The van der Waals surface area contributed by atoms with Gasteiger partial charge in [-0.1, -0.05) is 148 Å². The molecule has 0 amide bonds. The van der Waals surface area contributed by atoms with Crippen molar-refractivity contribution >= 4 is 13.8 Å². The lowest BCUT2D eigenvalue weighted by Crippen LogP contribution is -2.37. The zero-order valence-electron chi connectivity index (χ0n) is 34.1. The molecule has 1 unspecified atom stereocenters. The highest BCUT2D eigenvalue weighted by Gasteiger charge is 2.20. The van der Waals surface area contributed by atoms with Gasteiger partial charge < -0.3 is 27.9 Å². The van der Waals surface area contributed by atoms with Crippen LogP contribution in [-0.4, -0.2) is 64.1 Å². The van der Waals surface area contributed by atoms with Crippen LogP contribution in [0.2, 0.25) is 0 Å². The largest absolute Gasteiger partial charge is 0.756 e. The average Bonchev–Trinajstić information content (AvgIpc) is 3.08. The van der Waals surface area contributed by atoms with Gasteiger partial charge in [-0.05, 0) is 51.0 Å². The maximum Gasteiger partial charge on any atom is 0.306 e. The number of rotatable bonds is 39. The Morgan fingerprint density at radius 2 is 1.04 bits per heavy atom. The van der Waals surface area contributed by atoms with E-state index in [9.17, 15) is 14.3 Å². The van der Waals surface area contributed by atoms with Crippen molar-refractivity contribution in [2.75, 3.05) is 47.5 Å². The summed E-state index contributed by atoms with van der Waals surface area (Å²) in [7, 11) is 1.32. The third kappa shape index (κ3) is 39.9. The lowest BCUT2D eigenvalue weighted by atomic mass is 10.0.